The topological polar surface area (TPSA) is 72.2 Å². The summed E-state index contributed by atoms with van der Waals surface area (Å²) in [5.74, 6) is 0.583. The minimum Gasteiger partial charge on any atom is -0.272 e. The largest absolute Gasteiger partial charge is 0.272 e. The van der Waals surface area contributed by atoms with Gasteiger partial charge in [-0.2, -0.15) is 5.10 Å². The van der Waals surface area contributed by atoms with E-state index >= 15 is 0 Å². The summed E-state index contributed by atoms with van der Waals surface area (Å²) in [5.41, 5.74) is 9.55. The molecule has 1 aromatic heterocycles. The van der Waals surface area contributed by atoms with Crippen molar-refractivity contribution in [3.8, 4) is 28.2 Å². The van der Waals surface area contributed by atoms with Crippen LogP contribution in [0.5, 0.6) is 0 Å². The number of aromatic nitrogens is 3. The molecule has 0 radical (unpaired) electrons. The zero-order valence-electron chi connectivity index (χ0n) is 21.5. The molecule has 0 atom stereocenters. The lowest BCUT2D eigenvalue weighted by molar-refractivity contribution is -0.118. The Morgan fingerprint density at radius 1 is 0.846 bits per heavy atom. The number of nitrogens with one attached hydrogen (secondary N) is 1. The van der Waals surface area contributed by atoms with Crippen molar-refractivity contribution in [1.82, 2.24) is 20.2 Å². The van der Waals surface area contributed by atoms with Gasteiger partial charge in [0.25, 0.3) is 5.91 Å². The lowest BCUT2D eigenvalue weighted by atomic mass is 10.0. The number of hydrogen-bond donors (Lipinski definition) is 1. The quantitative estimate of drug-likeness (QED) is 0.126. The van der Waals surface area contributed by atoms with E-state index in [2.05, 4.69) is 45.0 Å². The Morgan fingerprint density at radius 2 is 1.49 bits per heavy atom. The molecular formula is C31H26ClN5OS. The summed E-state index contributed by atoms with van der Waals surface area (Å²) in [6, 6.07) is 33.8. The maximum absolute atomic E-state index is 12.7. The molecule has 0 unspecified atom stereocenters. The van der Waals surface area contributed by atoms with Gasteiger partial charge >= 0.3 is 0 Å². The smallest absolute Gasteiger partial charge is 0.250 e. The third-order valence-electron chi connectivity index (χ3n) is 6.12. The van der Waals surface area contributed by atoms with Gasteiger partial charge in [0.05, 0.1) is 11.5 Å². The second-order valence-corrected chi connectivity index (χ2v) is 10.3. The molecule has 1 heterocycles. The third-order valence-corrected chi connectivity index (χ3v) is 7.30. The second-order valence-electron chi connectivity index (χ2n) is 8.95. The number of benzene rings is 4. The molecule has 0 aliphatic carbocycles. The van der Waals surface area contributed by atoms with Crippen molar-refractivity contribution in [2.45, 2.75) is 19.0 Å². The number of hydrazone groups is 1. The number of thioether (sulfide) groups is 1. The molecule has 0 spiro atoms. The maximum atomic E-state index is 12.7. The Labute approximate surface area is 236 Å². The van der Waals surface area contributed by atoms with Gasteiger partial charge in [-0.25, -0.2) is 5.43 Å². The summed E-state index contributed by atoms with van der Waals surface area (Å²) in [7, 11) is 0. The van der Waals surface area contributed by atoms with Crippen molar-refractivity contribution < 1.29 is 4.79 Å². The zero-order chi connectivity index (χ0) is 27.2. The summed E-state index contributed by atoms with van der Waals surface area (Å²) in [5, 5.41) is 14.4. The number of nitrogens with zero attached hydrogens (tertiary/aromatic N) is 4. The lowest BCUT2D eigenvalue weighted by Crippen LogP contribution is -2.21. The molecular weight excluding hydrogens is 526 g/mol. The van der Waals surface area contributed by atoms with E-state index in [1.54, 1.807) is 0 Å². The van der Waals surface area contributed by atoms with Crippen LogP contribution in [0.2, 0.25) is 5.02 Å². The third kappa shape index (κ3) is 6.45. The Balaban J connectivity index is 1.28. The van der Waals surface area contributed by atoms with Gasteiger partial charge in [-0.05, 0) is 54.8 Å². The number of rotatable bonds is 8. The summed E-state index contributed by atoms with van der Waals surface area (Å²) >= 11 is 7.41. The molecule has 194 valence electrons. The number of carbonyl (C=O) groups excluding carboxylic acids is 1. The van der Waals surface area contributed by atoms with Crippen molar-refractivity contribution >= 4 is 35.0 Å². The number of halogens is 1. The SMILES string of the molecule is C/C(=N/NC(=O)CSc1nnc(-c2ccc(C)cc2)n1-c1ccc(Cl)cc1)c1ccc(-c2ccccc2)cc1. The highest BCUT2D eigenvalue weighted by Gasteiger charge is 2.17. The fraction of sp³-hybridized carbons (Fsp3) is 0.0968. The summed E-state index contributed by atoms with van der Waals surface area (Å²) in [6.45, 7) is 3.91. The van der Waals surface area contributed by atoms with Gasteiger partial charge in [-0.1, -0.05) is 108 Å². The van der Waals surface area contributed by atoms with Crippen LogP contribution in [0.15, 0.2) is 113 Å². The highest BCUT2D eigenvalue weighted by Crippen LogP contribution is 2.29. The second kappa shape index (κ2) is 12.1. The first-order valence-electron chi connectivity index (χ1n) is 12.4. The minimum atomic E-state index is -0.234. The molecule has 0 fully saturated rings. The van der Waals surface area contributed by atoms with E-state index < -0.39 is 0 Å². The van der Waals surface area contributed by atoms with Crippen molar-refractivity contribution in [2.75, 3.05) is 5.75 Å². The molecule has 4 aromatic carbocycles. The zero-order valence-corrected chi connectivity index (χ0v) is 23.1. The molecule has 5 rings (SSSR count). The monoisotopic (exact) mass is 551 g/mol. The van der Waals surface area contributed by atoms with E-state index in [9.17, 15) is 4.79 Å². The molecule has 1 N–H and O–H groups in total. The summed E-state index contributed by atoms with van der Waals surface area (Å²) < 4.78 is 1.93. The van der Waals surface area contributed by atoms with Gasteiger partial charge < -0.3 is 0 Å². The standard InChI is InChI=1S/C31H26ClN5OS/c1-21-8-10-26(11-9-21)30-35-36-31(37(30)28-18-16-27(32)17-19-28)39-20-29(38)34-33-22(2)23-12-14-25(15-13-23)24-6-4-3-5-7-24/h3-19H,20H2,1-2H3,(H,34,38)/b33-22-. The van der Waals surface area contributed by atoms with E-state index in [0.717, 1.165) is 39.2 Å². The predicted octanol–water partition coefficient (Wildman–Crippen LogP) is 7.20. The van der Waals surface area contributed by atoms with Gasteiger partial charge in [0.2, 0.25) is 0 Å². The summed E-state index contributed by atoms with van der Waals surface area (Å²) in [6.07, 6.45) is 0. The first-order chi connectivity index (χ1) is 19.0. The molecule has 0 aliphatic heterocycles. The highest BCUT2D eigenvalue weighted by atomic mass is 35.5. The number of hydrogen-bond acceptors (Lipinski definition) is 5. The van der Waals surface area contributed by atoms with Crippen LogP contribution in [0.3, 0.4) is 0 Å². The number of amides is 1. The van der Waals surface area contributed by atoms with Gasteiger partial charge in [0.15, 0.2) is 11.0 Å². The van der Waals surface area contributed by atoms with Crippen LogP contribution in [0, 0.1) is 6.92 Å². The molecule has 0 saturated heterocycles. The predicted molar refractivity (Wildman–Crippen MR) is 159 cm³/mol. The lowest BCUT2D eigenvalue weighted by Gasteiger charge is -2.11. The number of carbonyl (C=O) groups is 1. The van der Waals surface area contributed by atoms with Crippen LogP contribution in [-0.2, 0) is 4.79 Å². The van der Waals surface area contributed by atoms with Crippen molar-refractivity contribution in [3.63, 3.8) is 0 Å². The van der Waals surface area contributed by atoms with Crippen molar-refractivity contribution in [3.05, 3.63) is 119 Å². The molecule has 39 heavy (non-hydrogen) atoms. The van der Waals surface area contributed by atoms with Crippen molar-refractivity contribution in [2.24, 2.45) is 5.10 Å². The molecule has 8 heteroatoms. The van der Waals surface area contributed by atoms with Gasteiger partial charge in [-0.3, -0.25) is 9.36 Å². The van der Waals surface area contributed by atoms with Crippen molar-refractivity contribution in [1.29, 1.82) is 0 Å². The Bertz CT molecular complexity index is 1600. The van der Waals surface area contributed by atoms with E-state index in [0.29, 0.717) is 16.0 Å². The van der Waals surface area contributed by atoms with E-state index in [4.69, 9.17) is 11.6 Å². The number of aryl methyl sites for hydroxylation is 1. The van der Waals surface area contributed by atoms with Crippen LogP contribution >= 0.6 is 23.4 Å². The molecule has 5 aromatic rings. The molecule has 0 aliphatic rings. The molecule has 1 amide bonds. The Morgan fingerprint density at radius 3 is 2.18 bits per heavy atom. The summed E-state index contributed by atoms with van der Waals surface area (Å²) in [4.78, 5) is 12.7. The first kappa shape index (κ1) is 26.4. The van der Waals surface area contributed by atoms with Crippen LogP contribution < -0.4 is 5.43 Å². The van der Waals surface area contributed by atoms with Gasteiger partial charge in [-0.15, -0.1) is 10.2 Å². The average molecular weight is 552 g/mol. The van der Waals surface area contributed by atoms with Crippen LogP contribution in [0.1, 0.15) is 18.1 Å². The van der Waals surface area contributed by atoms with E-state index in [1.807, 2.05) is 97.3 Å². The minimum absolute atomic E-state index is 0.128. The maximum Gasteiger partial charge on any atom is 0.250 e. The average Bonchev–Trinajstić information content (AvgIpc) is 3.40. The van der Waals surface area contributed by atoms with Crippen LogP contribution in [0.4, 0.5) is 0 Å². The Kier molecular flexibility index (Phi) is 8.20. The van der Waals surface area contributed by atoms with Crippen LogP contribution in [-0.4, -0.2) is 32.1 Å². The van der Waals surface area contributed by atoms with E-state index in [1.165, 1.54) is 11.8 Å². The van der Waals surface area contributed by atoms with Gasteiger partial charge in [0.1, 0.15) is 0 Å². The van der Waals surface area contributed by atoms with E-state index in [-0.39, 0.29) is 11.7 Å². The van der Waals surface area contributed by atoms with Gasteiger partial charge in [0, 0.05) is 16.3 Å². The van der Waals surface area contributed by atoms with Crippen LogP contribution in [0.25, 0.3) is 28.2 Å². The molecule has 6 nitrogen and oxygen atoms in total. The normalized spacial score (nSPS) is 11.4. The first-order valence-corrected chi connectivity index (χ1v) is 13.7. The fourth-order valence-electron chi connectivity index (χ4n) is 3.98. The molecule has 0 saturated carbocycles. The Hall–Kier alpha value is -4.20. The highest BCUT2D eigenvalue weighted by molar-refractivity contribution is 7.99. The molecule has 0 bridgehead atoms. The fourth-order valence-corrected chi connectivity index (χ4v) is 4.85.